The van der Waals surface area contributed by atoms with Gasteiger partial charge in [-0.2, -0.15) is 0 Å². The van der Waals surface area contributed by atoms with Gasteiger partial charge in [0.25, 0.3) is 5.69 Å². The summed E-state index contributed by atoms with van der Waals surface area (Å²) >= 11 is 1.28. The highest BCUT2D eigenvalue weighted by atomic mass is 32.2. The summed E-state index contributed by atoms with van der Waals surface area (Å²) in [5.41, 5.74) is 2.01. The van der Waals surface area contributed by atoms with E-state index in [0.29, 0.717) is 17.4 Å². The second kappa shape index (κ2) is 10.8. The molecule has 0 bridgehead atoms. The first-order valence-electron chi connectivity index (χ1n) is 10.0. The lowest BCUT2D eigenvalue weighted by Gasteiger charge is -2.13. The lowest BCUT2D eigenvalue weighted by Crippen LogP contribution is -2.17. The zero-order valence-electron chi connectivity index (χ0n) is 18.2. The van der Waals surface area contributed by atoms with E-state index in [0.717, 1.165) is 29.9 Å². The van der Waals surface area contributed by atoms with Gasteiger partial charge >= 0.3 is 0 Å². The fourth-order valence-electron chi connectivity index (χ4n) is 3.03. The maximum Gasteiger partial charge on any atom is 0.271 e. The van der Waals surface area contributed by atoms with Crippen molar-refractivity contribution in [3.63, 3.8) is 0 Å². The topological polar surface area (TPSA) is 119 Å². The largest absolute Gasteiger partial charge is 0.325 e. The van der Waals surface area contributed by atoms with Crippen molar-refractivity contribution in [2.24, 2.45) is 0 Å². The SMILES string of the molecule is Cc1ccc([N+](=O)[O-])cc1NC(=O)CSc1nnc(-c2ccncc2)n1CCCN(C)C. The summed E-state index contributed by atoms with van der Waals surface area (Å²) in [6.07, 6.45) is 4.31. The fraction of sp³-hybridized carbons (Fsp3) is 0.333. The zero-order valence-corrected chi connectivity index (χ0v) is 19.0. The molecule has 1 amide bonds. The Bertz CT molecular complexity index is 1090. The summed E-state index contributed by atoms with van der Waals surface area (Å²) in [6.45, 7) is 3.40. The number of thioether (sulfide) groups is 1. The average Bonchev–Trinajstić information content (AvgIpc) is 3.16. The van der Waals surface area contributed by atoms with E-state index >= 15 is 0 Å². The van der Waals surface area contributed by atoms with Crippen molar-refractivity contribution in [1.29, 1.82) is 0 Å². The molecule has 0 saturated carbocycles. The first-order valence-corrected chi connectivity index (χ1v) is 11.0. The molecule has 0 spiro atoms. The van der Waals surface area contributed by atoms with Gasteiger partial charge in [-0.05, 0) is 51.7 Å². The van der Waals surface area contributed by atoms with Crippen LogP contribution in [0.1, 0.15) is 12.0 Å². The molecule has 3 rings (SSSR count). The van der Waals surface area contributed by atoms with Crippen LogP contribution >= 0.6 is 11.8 Å². The van der Waals surface area contributed by atoms with Gasteiger partial charge < -0.3 is 14.8 Å². The third kappa shape index (κ3) is 6.11. The first kappa shape index (κ1) is 23.4. The van der Waals surface area contributed by atoms with Gasteiger partial charge in [-0.25, -0.2) is 0 Å². The van der Waals surface area contributed by atoms with Crippen molar-refractivity contribution >= 4 is 29.0 Å². The molecule has 0 aliphatic carbocycles. The number of carbonyl (C=O) groups excluding carboxylic acids is 1. The smallest absolute Gasteiger partial charge is 0.271 e. The Labute approximate surface area is 190 Å². The maximum absolute atomic E-state index is 12.5. The van der Waals surface area contributed by atoms with Crippen molar-refractivity contribution in [2.45, 2.75) is 25.0 Å². The molecule has 32 heavy (non-hydrogen) atoms. The molecule has 0 fully saturated rings. The number of amides is 1. The van der Waals surface area contributed by atoms with E-state index in [2.05, 4.69) is 25.4 Å². The van der Waals surface area contributed by atoms with Gasteiger partial charge in [0.2, 0.25) is 5.91 Å². The molecule has 0 aliphatic heterocycles. The Morgan fingerprint density at radius 2 is 1.97 bits per heavy atom. The number of non-ortho nitro benzene ring substituents is 1. The monoisotopic (exact) mass is 455 g/mol. The maximum atomic E-state index is 12.5. The second-order valence-electron chi connectivity index (χ2n) is 7.44. The minimum absolute atomic E-state index is 0.0684. The van der Waals surface area contributed by atoms with Crippen molar-refractivity contribution in [3.05, 3.63) is 58.4 Å². The lowest BCUT2D eigenvalue weighted by atomic mass is 10.2. The molecule has 0 unspecified atom stereocenters. The molecule has 3 aromatic rings. The molecule has 10 nitrogen and oxygen atoms in total. The molecule has 168 valence electrons. The summed E-state index contributed by atoms with van der Waals surface area (Å²) in [4.78, 5) is 29.2. The van der Waals surface area contributed by atoms with E-state index in [-0.39, 0.29) is 17.3 Å². The number of carbonyl (C=O) groups is 1. The number of rotatable bonds is 10. The number of hydrogen-bond donors (Lipinski definition) is 1. The van der Waals surface area contributed by atoms with Crippen molar-refractivity contribution < 1.29 is 9.72 Å². The van der Waals surface area contributed by atoms with Crippen LogP contribution in [0.2, 0.25) is 0 Å². The number of benzene rings is 1. The number of nitrogens with zero attached hydrogens (tertiary/aromatic N) is 6. The molecule has 2 aromatic heterocycles. The molecule has 0 saturated heterocycles. The van der Waals surface area contributed by atoms with E-state index < -0.39 is 4.92 Å². The quantitative estimate of drug-likeness (QED) is 0.281. The van der Waals surface area contributed by atoms with E-state index in [1.807, 2.05) is 30.8 Å². The molecule has 1 aromatic carbocycles. The normalized spacial score (nSPS) is 11.0. The van der Waals surface area contributed by atoms with E-state index in [4.69, 9.17) is 0 Å². The molecule has 0 atom stereocenters. The summed E-state index contributed by atoms with van der Waals surface area (Å²) in [5.74, 6) is 0.556. The van der Waals surface area contributed by atoms with Gasteiger partial charge in [0.1, 0.15) is 0 Å². The Kier molecular flexibility index (Phi) is 7.90. The summed E-state index contributed by atoms with van der Waals surface area (Å²) < 4.78 is 2.01. The van der Waals surface area contributed by atoms with Gasteiger partial charge in [-0.1, -0.05) is 17.8 Å². The molecular weight excluding hydrogens is 430 g/mol. The zero-order chi connectivity index (χ0) is 23.1. The lowest BCUT2D eigenvalue weighted by molar-refractivity contribution is -0.384. The Hall–Kier alpha value is -3.31. The van der Waals surface area contributed by atoms with Crippen LogP contribution in [0.5, 0.6) is 0 Å². The predicted molar refractivity (Wildman–Crippen MR) is 124 cm³/mol. The highest BCUT2D eigenvalue weighted by Gasteiger charge is 2.17. The molecule has 0 radical (unpaired) electrons. The van der Waals surface area contributed by atoms with Gasteiger partial charge in [0.15, 0.2) is 11.0 Å². The van der Waals surface area contributed by atoms with E-state index in [9.17, 15) is 14.9 Å². The Morgan fingerprint density at radius 1 is 1.22 bits per heavy atom. The standard InChI is InChI=1S/C21H25N7O3S/c1-15-5-6-17(28(30)31)13-18(15)23-19(29)14-32-21-25-24-20(16-7-9-22-10-8-16)27(21)12-4-11-26(2)3/h5-10,13H,4,11-12,14H2,1-3H3,(H,23,29). The van der Waals surface area contributed by atoms with Crippen LogP contribution in [0.4, 0.5) is 11.4 Å². The number of nitro groups is 1. The van der Waals surface area contributed by atoms with Crippen molar-refractivity contribution in [2.75, 3.05) is 31.7 Å². The third-order valence-electron chi connectivity index (χ3n) is 4.68. The number of nitrogens with one attached hydrogen (secondary N) is 1. The highest BCUT2D eigenvalue weighted by molar-refractivity contribution is 7.99. The van der Waals surface area contributed by atoms with E-state index in [1.165, 1.54) is 23.9 Å². The van der Waals surface area contributed by atoms with Crippen LogP contribution in [0.15, 0.2) is 47.9 Å². The van der Waals surface area contributed by atoms with Crippen molar-refractivity contribution in [3.8, 4) is 11.4 Å². The number of hydrogen-bond acceptors (Lipinski definition) is 8. The Balaban J connectivity index is 1.72. The minimum atomic E-state index is -0.485. The van der Waals surface area contributed by atoms with Crippen LogP contribution in [0, 0.1) is 17.0 Å². The minimum Gasteiger partial charge on any atom is -0.325 e. The molecule has 1 N–H and O–H groups in total. The van der Waals surface area contributed by atoms with Gasteiger partial charge in [0.05, 0.1) is 16.4 Å². The molecule has 0 aliphatic rings. The molecule has 2 heterocycles. The fourth-order valence-corrected chi connectivity index (χ4v) is 3.80. The number of anilines is 1. The van der Waals surface area contributed by atoms with Crippen LogP contribution < -0.4 is 5.32 Å². The highest BCUT2D eigenvalue weighted by Crippen LogP contribution is 2.25. The molecular formula is C21H25N7O3S. The Morgan fingerprint density at radius 3 is 2.66 bits per heavy atom. The van der Waals surface area contributed by atoms with E-state index in [1.54, 1.807) is 25.4 Å². The summed E-state index contributed by atoms with van der Waals surface area (Å²) in [5, 5.41) is 23.0. The number of aromatic nitrogens is 4. The first-order chi connectivity index (χ1) is 15.3. The van der Waals surface area contributed by atoms with Crippen LogP contribution in [-0.4, -0.2) is 61.9 Å². The number of nitro benzene ring substituents is 1. The second-order valence-corrected chi connectivity index (χ2v) is 8.39. The average molecular weight is 456 g/mol. The van der Waals surface area contributed by atoms with Crippen LogP contribution in [0.25, 0.3) is 11.4 Å². The number of pyridine rings is 1. The third-order valence-corrected chi connectivity index (χ3v) is 5.65. The number of aryl methyl sites for hydroxylation is 1. The summed E-state index contributed by atoms with van der Waals surface area (Å²) in [6, 6.07) is 8.14. The predicted octanol–water partition coefficient (Wildman–Crippen LogP) is 3.24. The van der Waals surface area contributed by atoms with Gasteiger partial charge in [-0.3, -0.25) is 19.9 Å². The summed E-state index contributed by atoms with van der Waals surface area (Å²) in [7, 11) is 4.04. The van der Waals surface area contributed by atoms with Crippen LogP contribution in [-0.2, 0) is 11.3 Å². The van der Waals surface area contributed by atoms with Crippen molar-refractivity contribution in [1.82, 2.24) is 24.6 Å². The molecule has 11 heteroatoms. The van der Waals surface area contributed by atoms with Gasteiger partial charge in [-0.15, -0.1) is 10.2 Å². The van der Waals surface area contributed by atoms with Crippen LogP contribution in [0.3, 0.4) is 0 Å². The van der Waals surface area contributed by atoms with Gasteiger partial charge in [0, 0.05) is 36.6 Å².